The molecule has 0 saturated heterocycles. The number of ether oxygens (including phenoxy) is 1. The molecular weight excluding hydrogens is 227 g/mol. The van der Waals surface area contributed by atoms with Gasteiger partial charge in [0.25, 0.3) is 0 Å². The minimum Gasteiger partial charge on any atom is -0.489 e. The molecule has 0 bridgehead atoms. The third kappa shape index (κ3) is 3.12. The number of benzene rings is 2. The fraction of sp³-hybridized carbons (Fsp3) is 0.143. The van der Waals surface area contributed by atoms with Crippen LogP contribution in [0.15, 0.2) is 48.5 Å². The summed E-state index contributed by atoms with van der Waals surface area (Å²) in [6, 6.07) is 14.8. The van der Waals surface area contributed by atoms with Gasteiger partial charge in [0.1, 0.15) is 12.4 Å². The lowest BCUT2D eigenvalue weighted by molar-refractivity contribution is 0.305. The highest BCUT2D eigenvalue weighted by atomic mass is 16.5. The summed E-state index contributed by atoms with van der Waals surface area (Å²) in [7, 11) is -1.47. The molecule has 2 aromatic rings. The molecule has 0 aliphatic heterocycles. The third-order valence-electron chi connectivity index (χ3n) is 2.81. The van der Waals surface area contributed by atoms with Gasteiger partial charge in [-0.05, 0) is 35.6 Å². The zero-order chi connectivity index (χ0) is 13.0. The first-order chi connectivity index (χ1) is 8.66. The van der Waals surface area contributed by atoms with Crippen LogP contribution in [-0.4, -0.2) is 17.2 Å². The van der Waals surface area contributed by atoms with Crippen molar-refractivity contribution in [3.05, 3.63) is 59.7 Å². The first-order valence-corrected chi connectivity index (χ1v) is 5.80. The Morgan fingerprint density at radius 1 is 1.06 bits per heavy atom. The van der Waals surface area contributed by atoms with Gasteiger partial charge in [-0.25, -0.2) is 0 Å². The van der Waals surface area contributed by atoms with E-state index in [-0.39, 0.29) is 0 Å². The Morgan fingerprint density at radius 2 is 1.83 bits per heavy atom. The Balaban J connectivity index is 2.07. The van der Waals surface area contributed by atoms with Crippen LogP contribution in [0.3, 0.4) is 0 Å². The van der Waals surface area contributed by atoms with E-state index in [9.17, 15) is 0 Å². The van der Waals surface area contributed by atoms with Crippen LogP contribution in [0.5, 0.6) is 5.75 Å². The van der Waals surface area contributed by atoms with E-state index in [1.54, 1.807) is 24.3 Å². The van der Waals surface area contributed by atoms with Gasteiger partial charge in [-0.2, -0.15) is 0 Å². The summed E-state index contributed by atoms with van der Waals surface area (Å²) in [5.41, 5.74) is 2.72. The van der Waals surface area contributed by atoms with Crippen LogP contribution in [0, 0.1) is 6.92 Å². The van der Waals surface area contributed by atoms with Gasteiger partial charge >= 0.3 is 7.12 Å². The van der Waals surface area contributed by atoms with Crippen molar-refractivity contribution in [1.82, 2.24) is 0 Å². The van der Waals surface area contributed by atoms with Gasteiger partial charge < -0.3 is 14.8 Å². The van der Waals surface area contributed by atoms with Crippen molar-refractivity contribution in [1.29, 1.82) is 0 Å². The van der Waals surface area contributed by atoms with Crippen molar-refractivity contribution in [3.63, 3.8) is 0 Å². The second kappa shape index (κ2) is 5.71. The quantitative estimate of drug-likeness (QED) is 0.793. The minimum atomic E-state index is -1.47. The first kappa shape index (κ1) is 12.7. The van der Waals surface area contributed by atoms with Gasteiger partial charge in [0.2, 0.25) is 0 Å². The monoisotopic (exact) mass is 242 g/mol. The van der Waals surface area contributed by atoms with Crippen LogP contribution in [-0.2, 0) is 6.61 Å². The summed E-state index contributed by atoms with van der Waals surface area (Å²) in [5, 5.41) is 18.2. The molecule has 0 saturated carbocycles. The van der Waals surface area contributed by atoms with Gasteiger partial charge in [0, 0.05) is 0 Å². The van der Waals surface area contributed by atoms with Crippen molar-refractivity contribution in [2.75, 3.05) is 0 Å². The SMILES string of the molecule is Cc1ccccc1COc1cccc(B(O)O)c1. The van der Waals surface area contributed by atoms with Crippen LogP contribution in [0.2, 0.25) is 0 Å². The van der Waals surface area contributed by atoms with Crippen LogP contribution in [0.25, 0.3) is 0 Å². The average Bonchev–Trinajstić information content (AvgIpc) is 2.38. The Bertz CT molecular complexity index is 526. The largest absolute Gasteiger partial charge is 0.489 e. The molecule has 2 rings (SSSR count). The molecular formula is C14H15BO3. The van der Waals surface area contributed by atoms with E-state index in [1.807, 2.05) is 31.2 Å². The summed E-state index contributed by atoms with van der Waals surface area (Å²) in [6.45, 7) is 2.50. The lowest BCUT2D eigenvalue weighted by Crippen LogP contribution is -2.29. The van der Waals surface area contributed by atoms with Crippen molar-refractivity contribution >= 4 is 12.6 Å². The van der Waals surface area contributed by atoms with E-state index in [1.165, 1.54) is 5.56 Å². The average molecular weight is 242 g/mol. The lowest BCUT2D eigenvalue weighted by atomic mass is 9.80. The van der Waals surface area contributed by atoms with Crippen LogP contribution < -0.4 is 10.2 Å². The third-order valence-corrected chi connectivity index (χ3v) is 2.81. The molecule has 0 radical (unpaired) electrons. The van der Waals surface area contributed by atoms with Crippen LogP contribution in [0.1, 0.15) is 11.1 Å². The van der Waals surface area contributed by atoms with Gasteiger partial charge in [-0.3, -0.25) is 0 Å². The van der Waals surface area contributed by atoms with E-state index in [0.717, 1.165) is 5.56 Å². The highest BCUT2D eigenvalue weighted by Crippen LogP contribution is 2.13. The second-order valence-corrected chi connectivity index (χ2v) is 4.16. The Hall–Kier alpha value is -1.78. The molecule has 3 nitrogen and oxygen atoms in total. The Labute approximate surface area is 107 Å². The van der Waals surface area contributed by atoms with Crippen molar-refractivity contribution < 1.29 is 14.8 Å². The smallest absolute Gasteiger partial charge is 0.488 e. The van der Waals surface area contributed by atoms with E-state index in [2.05, 4.69) is 0 Å². The molecule has 0 atom stereocenters. The van der Waals surface area contributed by atoms with E-state index >= 15 is 0 Å². The van der Waals surface area contributed by atoms with Crippen LogP contribution in [0.4, 0.5) is 0 Å². The fourth-order valence-electron chi connectivity index (χ4n) is 1.70. The Morgan fingerprint density at radius 3 is 2.56 bits per heavy atom. The maximum atomic E-state index is 9.08. The Kier molecular flexibility index (Phi) is 4.02. The topological polar surface area (TPSA) is 49.7 Å². The van der Waals surface area contributed by atoms with Gasteiger partial charge in [0.15, 0.2) is 0 Å². The molecule has 0 spiro atoms. The predicted molar refractivity (Wildman–Crippen MR) is 71.8 cm³/mol. The minimum absolute atomic E-state index is 0.428. The molecule has 0 aliphatic carbocycles. The highest BCUT2D eigenvalue weighted by Gasteiger charge is 2.11. The standard InChI is InChI=1S/C14H15BO3/c1-11-5-2-3-6-12(11)10-18-14-8-4-7-13(9-14)15(16)17/h2-9,16-17H,10H2,1H3. The summed E-state index contributed by atoms with van der Waals surface area (Å²) in [4.78, 5) is 0. The van der Waals surface area contributed by atoms with Gasteiger partial charge in [-0.15, -0.1) is 0 Å². The van der Waals surface area contributed by atoms with Gasteiger partial charge in [-0.1, -0.05) is 36.4 Å². The zero-order valence-electron chi connectivity index (χ0n) is 10.2. The van der Waals surface area contributed by atoms with Crippen molar-refractivity contribution in [2.45, 2.75) is 13.5 Å². The van der Waals surface area contributed by atoms with E-state index < -0.39 is 7.12 Å². The predicted octanol–water partition coefficient (Wildman–Crippen LogP) is 1.25. The van der Waals surface area contributed by atoms with E-state index in [0.29, 0.717) is 17.8 Å². The summed E-state index contributed by atoms with van der Waals surface area (Å²) < 4.78 is 5.64. The molecule has 0 heterocycles. The fourth-order valence-corrected chi connectivity index (χ4v) is 1.70. The summed E-state index contributed by atoms with van der Waals surface area (Å²) >= 11 is 0. The second-order valence-electron chi connectivity index (χ2n) is 4.16. The molecule has 0 amide bonds. The van der Waals surface area contributed by atoms with E-state index in [4.69, 9.17) is 14.8 Å². The number of aryl methyl sites for hydroxylation is 1. The molecule has 0 aromatic heterocycles. The van der Waals surface area contributed by atoms with Gasteiger partial charge in [0.05, 0.1) is 0 Å². The molecule has 92 valence electrons. The van der Waals surface area contributed by atoms with Crippen LogP contribution >= 0.6 is 0 Å². The molecule has 18 heavy (non-hydrogen) atoms. The van der Waals surface area contributed by atoms with Crippen molar-refractivity contribution in [2.24, 2.45) is 0 Å². The number of rotatable bonds is 4. The van der Waals surface area contributed by atoms with Crippen molar-refractivity contribution in [3.8, 4) is 5.75 Å². The summed E-state index contributed by atoms with van der Waals surface area (Å²) in [5.74, 6) is 0.629. The summed E-state index contributed by atoms with van der Waals surface area (Å²) in [6.07, 6.45) is 0. The zero-order valence-corrected chi connectivity index (χ0v) is 10.2. The first-order valence-electron chi connectivity index (χ1n) is 5.80. The lowest BCUT2D eigenvalue weighted by Gasteiger charge is -2.09. The molecule has 0 unspecified atom stereocenters. The maximum Gasteiger partial charge on any atom is 0.488 e. The molecule has 2 N–H and O–H groups in total. The maximum absolute atomic E-state index is 9.08. The molecule has 0 aliphatic rings. The molecule has 4 heteroatoms. The highest BCUT2D eigenvalue weighted by molar-refractivity contribution is 6.58. The molecule has 2 aromatic carbocycles. The molecule has 0 fully saturated rings. The number of hydrogen-bond donors (Lipinski definition) is 2. The normalized spacial score (nSPS) is 10.2. The number of hydrogen-bond acceptors (Lipinski definition) is 3.